The van der Waals surface area contributed by atoms with Gasteiger partial charge in [-0.1, -0.05) is 25.7 Å². The lowest BCUT2D eigenvalue weighted by Crippen LogP contribution is -2.30. The number of carboxylic acid groups (broad SMARTS) is 1. The fraction of sp³-hybridized carbons (Fsp3) is 0.800. The van der Waals surface area contributed by atoms with Crippen LogP contribution in [0.15, 0.2) is 0 Å². The first-order valence-corrected chi connectivity index (χ1v) is 5.26. The zero-order valence-corrected chi connectivity index (χ0v) is 8.63. The van der Waals surface area contributed by atoms with Gasteiger partial charge in [-0.05, 0) is 11.8 Å². The molecule has 86 valence electrons. The fourth-order valence-electron chi connectivity index (χ4n) is 2.32. The number of amides is 1. The normalized spacial score (nSPS) is 18.7. The topological polar surface area (TPSA) is 77.8 Å². The molecule has 1 atom stereocenters. The van der Waals surface area contributed by atoms with E-state index in [1.807, 2.05) is 0 Å². The first-order chi connectivity index (χ1) is 7.13. The van der Waals surface area contributed by atoms with Gasteiger partial charge in [0.25, 0.3) is 0 Å². The van der Waals surface area contributed by atoms with Crippen LogP contribution >= 0.6 is 0 Å². The van der Waals surface area contributed by atoms with Crippen molar-refractivity contribution in [2.75, 3.05) is 6.54 Å². The molecule has 0 saturated heterocycles. The summed E-state index contributed by atoms with van der Waals surface area (Å²) in [7, 11) is 0. The molecule has 0 radical (unpaired) electrons. The van der Waals surface area contributed by atoms with Gasteiger partial charge in [-0.3, -0.25) is 14.8 Å². The molecule has 1 unspecified atom stereocenters. The van der Waals surface area contributed by atoms with Crippen molar-refractivity contribution in [3.8, 4) is 0 Å². The second-order valence-corrected chi connectivity index (χ2v) is 4.13. The molecule has 15 heavy (non-hydrogen) atoms. The summed E-state index contributed by atoms with van der Waals surface area (Å²) in [5, 5.41) is 18.4. The third-order valence-electron chi connectivity index (χ3n) is 3.05. The van der Waals surface area contributed by atoms with Crippen LogP contribution in [0.2, 0.25) is 0 Å². The largest absolute Gasteiger partial charge is 0.481 e. The third kappa shape index (κ3) is 3.87. The van der Waals surface area contributed by atoms with Crippen LogP contribution in [0.5, 0.6) is 0 Å². The number of carbonyl (C=O) groups is 2. The Hall–Kier alpha value is -1.10. The van der Waals surface area contributed by atoms with Gasteiger partial charge in [0.1, 0.15) is 0 Å². The zero-order valence-electron chi connectivity index (χ0n) is 8.63. The minimum absolute atomic E-state index is 0.0234. The molecule has 1 saturated carbocycles. The van der Waals surface area contributed by atoms with E-state index >= 15 is 0 Å². The lowest BCUT2D eigenvalue weighted by molar-refractivity contribution is -0.155. The van der Waals surface area contributed by atoms with Gasteiger partial charge >= 0.3 is 5.97 Å². The van der Waals surface area contributed by atoms with Gasteiger partial charge in [0.05, 0.1) is 13.0 Å². The summed E-state index contributed by atoms with van der Waals surface area (Å²) in [4.78, 5) is 20.9. The van der Waals surface area contributed by atoms with E-state index in [1.54, 1.807) is 0 Å². The molecule has 0 aliphatic heterocycles. The third-order valence-corrected chi connectivity index (χ3v) is 3.05. The van der Waals surface area contributed by atoms with E-state index in [-0.39, 0.29) is 18.9 Å². The molecule has 0 bridgehead atoms. The quantitative estimate of drug-likeness (QED) is 0.395. The Bertz CT molecular complexity index is 225. The van der Waals surface area contributed by atoms with E-state index < -0.39 is 5.97 Å². The number of hydrogen-bond donors (Lipinski definition) is 2. The van der Waals surface area contributed by atoms with Crippen molar-refractivity contribution in [2.45, 2.75) is 32.1 Å². The maximum Gasteiger partial charge on any atom is 0.303 e. The molecule has 0 aromatic heterocycles. The first kappa shape index (κ1) is 12.0. The van der Waals surface area contributed by atoms with Crippen LogP contribution in [0.1, 0.15) is 32.1 Å². The number of hydrogen-bond acceptors (Lipinski definition) is 3. The molecule has 1 fully saturated rings. The van der Waals surface area contributed by atoms with Gasteiger partial charge in [0.2, 0.25) is 6.41 Å². The van der Waals surface area contributed by atoms with Crippen molar-refractivity contribution < 1.29 is 19.9 Å². The Morgan fingerprint density at radius 3 is 2.53 bits per heavy atom. The Kier molecular flexibility index (Phi) is 4.55. The number of carbonyl (C=O) groups excluding carboxylic acids is 1. The summed E-state index contributed by atoms with van der Waals surface area (Å²) in [6.07, 6.45) is 4.59. The second kappa shape index (κ2) is 5.70. The van der Waals surface area contributed by atoms with Gasteiger partial charge in [-0.15, -0.1) is 0 Å². The van der Waals surface area contributed by atoms with E-state index in [0.717, 1.165) is 25.7 Å². The van der Waals surface area contributed by atoms with Crippen molar-refractivity contribution in [3.05, 3.63) is 0 Å². The predicted molar refractivity (Wildman–Crippen MR) is 52.3 cm³/mol. The maximum absolute atomic E-state index is 10.6. The number of nitrogens with zero attached hydrogens (tertiary/aromatic N) is 1. The molecule has 5 nitrogen and oxygen atoms in total. The maximum atomic E-state index is 10.6. The molecule has 0 spiro atoms. The highest BCUT2D eigenvalue weighted by atomic mass is 16.5. The molecule has 1 aliphatic carbocycles. The molecule has 5 heteroatoms. The summed E-state index contributed by atoms with van der Waals surface area (Å²) >= 11 is 0. The summed E-state index contributed by atoms with van der Waals surface area (Å²) in [6.45, 7) is 0.125. The fourth-order valence-corrected chi connectivity index (χ4v) is 2.32. The van der Waals surface area contributed by atoms with Crippen molar-refractivity contribution in [1.82, 2.24) is 5.06 Å². The highest BCUT2D eigenvalue weighted by Gasteiger charge is 2.28. The van der Waals surface area contributed by atoms with Gasteiger partial charge in [-0.2, -0.15) is 0 Å². The van der Waals surface area contributed by atoms with Crippen molar-refractivity contribution >= 4 is 12.4 Å². The monoisotopic (exact) mass is 215 g/mol. The summed E-state index contributed by atoms with van der Waals surface area (Å²) in [5.74, 6) is -0.665. The Balaban J connectivity index is 2.50. The Morgan fingerprint density at radius 1 is 1.47 bits per heavy atom. The predicted octanol–water partition coefficient (Wildman–Crippen LogP) is 1.12. The van der Waals surface area contributed by atoms with E-state index in [2.05, 4.69) is 0 Å². The van der Waals surface area contributed by atoms with Crippen molar-refractivity contribution in [3.63, 3.8) is 0 Å². The van der Waals surface area contributed by atoms with Gasteiger partial charge in [0.15, 0.2) is 0 Å². The lowest BCUT2D eigenvalue weighted by atomic mass is 9.88. The van der Waals surface area contributed by atoms with Gasteiger partial charge in [0, 0.05) is 0 Å². The molecule has 0 aromatic rings. The molecule has 0 aromatic carbocycles. The van der Waals surface area contributed by atoms with Crippen LogP contribution in [0.4, 0.5) is 0 Å². The SMILES string of the molecule is O=CN(O)CC(CC(=O)O)C1CCCC1. The molecule has 0 heterocycles. The summed E-state index contributed by atoms with van der Waals surface area (Å²) in [5.41, 5.74) is 0. The molecule has 1 rings (SSSR count). The van der Waals surface area contributed by atoms with E-state index in [4.69, 9.17) is 10.3 Å². The average molecular weight is 215 g/mol. The summed E-state index contributed by atoms with van der Waals surface area (Å²) in [6, 6.07) is 0. The van der Waals surface area contributed by atoms with E-state index in [0.29, 0.717) is 17.4 Å². The number of carboxylic acids is 1. The van der Waals surface area contributed by atoms with Crippen molar-refractivity contribution in [1.29, 1.82) is 0 Å². The van der Waals surface area contributed by atoms with Crippen LogP contribution in [-0.4, -0.2) is 34.3 Å². The number of rotatable bonds is 6. The number of aliphatic carboxylic acids is 1. The van der Waals surface area contributed by atoms with E-state index in [1.165, 1.54) is 0 Å². The molecular formula is C10H17NO4. The molecule has 1 aliphatic rings. The van der Waals surface area contributed by atoms with Gasteiger partial charge in [-0.25, -0.2) is 5.06 Å². The average Bonchev–Trinajstić information content (AvgIpc) is 2.68. The van der Waals surface area contributed by atoms with Crippen LogP contribution < -0.4 is 0 Å². The van der Waals surface area contributed by atoms with Crippen LogP contribution in [0.25, 0.3) is 0 Å². The molecule has 1 amide bonds. The molecule has 2 N–H and O–H groups in total. The zero-order chi connectivity index (χ0) is 11.3. The van der Waals surface area contributed by atoms with Gasteiger partial charge < -0.3 is 5.11 Å². The van der Waals surface area contributed by atoms with E-state index in [9.17, 15) is 9.59 Å². The van der Waals surface area contributed by atoms with Crippen LogP contribution in [0.3, 0.4) is 0 Å². The Labute approximate surface area is 88.6 Å². The van der Waals surface area contributed by atoms with Crippen LogP contribution in [0, 0.1) is 11.8 Å². The standard InChI is InChI=1S/C10H17NO4/c12-7-11(15)6-9(5-10(13)14)8-3-1-2-4-8/h7-9,15H,1-6H2,(H,13,14). The second-order valence-electron chi connectivity index (χ2n) is 4.13. The minimum atomic E-state index is -0.869. The smallest absolute Gasteiger partial charge is 0.303 e. The van der Waals surface area contributed by atoms with Crippen molar-refractivity contribution in [2.24, 2.45) is 11.8 Å². The van der Waals surface area contributed by atoms with Crippen LogP contribution in [-0.2, 0) is 9.59 Å². The minimum Gasteiger partial charge on any atom is -0.481 e. The Morgan fingerprint density at radius 2 is 2.07 bits per heavy atom. The highest BCUT2D eigenvalue weighted by molar-refractivity contribution is 5.67. The first-order valence-electron chi connectivity index (χ1n) is 5.26. The lowest BCUT2D eigenvalue weighted by Gasteiger charge is -2.23. The molecular weight excluding hydrogens is 198 g/mol. The number of hydroxylamine groups is 2. The highest BCUT2D eigenvalue weighted by Crippen LogP contribution is 2.33. The summed E-state index contributed by atoms with van der Waals surface area (Å²) < 4.78 is 0.